The van der Waals surface area contributed by atoms with E-state index in [1.54, 1.807) is 4.68 Å². The number of H-pyrrole nitrogens is 1. The minimum atomic E-state index is -0.153. The van der Waals surface area contributed by atoms with Crippen LogP contribution in [0, 0.1) is 13.8 Å². The first-order valence-corrected chi connectivity index (χ1v) is 11.4. The van der Waals surface area contributed by atoms with Gasteiger partial charge in [-0.1, -0.05) is 60.7 Å². The number of benzene rings is 2. The predicted molar refractivity (Wildman–Crippen MR) is 131 cm³/mol. The summed E-state index contributed by atoms with van der Waals surface area (Å²) in [5.74, 6) is -0.0567. The third-order valence-electron chi connectivity index (χ3n) is 6.26. The number of hydrogen-bond donors (Lipinski definition) is 2. The first-order valence-electron chi connectivity index (χ1n) is 11.4. The maximum absolute atomic E-state index is 12.9. The summed E-state index contributed by atoms with van der Waals surface area (Å²) in [6.07, 6.45) is 2.32. The second kappa shape index (κ2) is 9.86. The van der Waals surface area contributed by atoms with Gasteiger partial charge >= 0.3 is 0 Å². The van der Waals surface area contributed by atoms with Crippen molar-refractivity contribution in [3.63, 3.8) is 0 Å². The number of fused-ring (bicyclic) bond motifs is 1. The van der Waals surface area contributed by atoms with Crippen LogP contribution in [0.25, 0.3) is 11.0 Å². The van der Waals surface area contributed by atoms with Crippen molar-refractivity contribution in [1.29, 1.82) is 0 Å². The van der Waals surface area contributed by atoms with E-state index < -0.39 is 0 Å². The predicted octanol–water partition coefficient (Wildman–Crippen LogP) is 4.30. The summed E-state index contributed by atoms with van der Waals surface area (Å²) in [6, 6.07) is 20.3. The molecule has 33 heavy (non-hydrogen) atoms. The van der Waals surface area contributed by atoms with Crippen LogP contribution < -0.4 is 10.9 Å². The minimum absolute atomic E-state index is 0.0567. The number of carbonyl (C=O) groups excluding carboxylic acids is 1. The van der Waals surface area contributed by atoms with E-state index in [9.17, 15) is 9.59 Å². The number of rotatable bonds is 8. The molecule has 0 aliphatic carbocycles. The maximum atomic E-state index is 12.9. The van der Waals surface area contributed by atoms with Gasteiger partial charge in [-0.15, -0.1) is 0 Å². The molecule has 0 saturated carbocycles. The largest absolute Gasteiger partial charge is 0.349 e. The van der Waals surface area contributed by atoms with Gasteiger partial charge in [-0.3, -0.25) is 14.3 Å². The lowest BCUT2D eigenvalue weighted by atomic mass is 9.98. The van der Waals surface area contributed by atoms with Gasteiger partial charge < -0.3 is 10.3 Å². The van der Waals surface area contributed by atoms with E-state index in [0.29, 0.717) is 17.6 Å². The third kappa shape index (κ3) is 5.06. The molecule has 1 unspecified atom stereocenters. The molecule has 0 bridgehead atoms. The SMILES string of the molecule is Cc1nn(C)c2[nH]c(=O)c(CCC(=O)NC(CCc3ccccc3)c3ccccc3)c(C)c12. The van der Waals surface area contributed by atoms with Gasteiger partial charge in [0.2, 0.25) is 5.91 Å². The summed E-state index contributed by atoms with van der Waals surface area (Å²) in [5, 5.41) is 8.57. The first kappa shape index (κ1) is 22.5. The lowest BCUT2D eigenvalue weighted by molar-refractivity contribution is -0.121. The average molecular weight is 443 g/mol. The molecule has 1 atom stereocenters. The first-order chi connectivity index (χ1) is 15.9. The van der Waals surface area contributed by atoms with E-state index in [1.807, 2.05) is 69.4 Å². The van der Waals surface area contributed by atoms with Gasteiger partial charge in [0.25, 0.3) is 5.56 Å². The average Bonchev–Trinajstić information content (AvgIpc) is 3.10. The van der Waals surface area contributed by atoms with Crippen molar-refractivity contribution in [3.8, 4) is 0 Å². The Morgan fingerprint density at radius 3 is 2.39 bits per heavy atom. The van der Waals surface area contributed by atoms with Crippen LogP contribution >= 0.6 is 0 Å². The minimum Gasteiger partial charge on any atom is -0.349 e. The molecule has 0 fully saturated rings. The van der Waals surface area contributed by atoms with Crippen molar-refractivity contribution in [2.75, 3.05) is 0 Å². The Morgan fingerprint density at radius 2 is 1.70 bits per heavy atom. The van der Waals surface area contributed by atoms with E-state index in [-0.39, 0.29) is 23.9 Å². The number of nitrogens with zero attached hydrogens (tertiary/aromatic N) is 2. The van der Waals surface area contributed by atoms with Gasteiger partial charge in [0.15, 0.2) is 0 Å². The molecule has 6 heteroatoms. The van der Waals surface area contributed by atoms with Crippen LogP contribution in [-0.4, -0.2) is 20.7 Å². The van der Waals surface area contributed by atoms with Gasteiger partial charge in [-0.2, -0.15) is 5.10 Å². The number of amides is 1. The van der Waals surface area contributed by atoms with Crippen LogP contribution in [0.3, 0.4) is 0 Å². The Kier molecular flexibility index (Phi) is 6.73. The molecule has 0 spiro atoms. The highest BCUT2D eigenvalue weighted by atomic mass is 16.1. The molecule has 6 nitrogen and oxygen atoms in total. The zero-order valence-corrected chi connectivity index (χ0v) is 19.4. The fourth-order valence-electron chi connectivity index (χ4n) is 4.52. The van der Waals surface area contributed by atoms with Crippen molar-refractivity contribution in [3.05, 3.63) is 99.0 Å². The van der Waals surface area contributed by atoms with Crippen molar-refractivity contribution < 1.29 is 4.79 Å². The molecule has 2 aromatic heterocycles. The van der Waals surface area contributed by atoms with Gasteiger partial charge in [0.05, 0.1) is 11.7 Å². The normalized spacial score (nSPS) is 12.1. The van der Waals surface area contributed by atoms with Crippen LogP contribution in [0.5, 0.6) is 0 Å². The Balaban J connectivity index is 1.47. The molecule has 2 N–H and O–H groups in total. The highest BCUT2D eigenvalue weighted by Crippen LogP contribution is 2.22. The van der Waals surface area contributed by atoms with Crippen molar-refractivity contribution in [2.24, 2.45) is 7.05 Å². The third-order valence-corrected chi connectivity index (χ3v) is 6.26. The van der Waals surface area contributed by atoms with Gasteiger partial charge in [0.1, 0.15) is 5.65 Å². The fraction of sp³-hybridized carbons (Fsp3) is 0.296. The standard InChI is InChI=1S/C27H30N4O2/c1-18-22(27(33)29-26-25(18)19(2)30-31(26)3)15-17-24(32)28-23(21-12-8-5-9-13-21)16-14-20-10-6-4-7-11-20/h4-13,23H,14-17H2,1-3H3,(H,28,32)(H,29,33). The van der Waals surface area contributed by atoms with Crippen LogP contribution in [-0.2, 0) is 24.7 Å². The Morgan fingerprint density at radius 1 is 1.03 bits per heavy atom. The Hall–Kier alpha value is -3.67. The van der Waals surface area contributed by atoms with Crippen molar-refractivity contribution >= 4 is 16.9 Å². The molecule has 0 saturated heterocycles. The molecule has 4 rings (SSSR count). The second-order valence-electron chi connectivity index (χ2n) is 8.55. The summed E-state index contributed by atoms with van der Waals surface area (Å²) in [5.41, 5.74) is 5.31. The van der Waals surface area contributed by atoms with Gasteiger partial charge in [0, 0.05) is 24.4 Å². The zero-order chi connectivity index (χ0) is 23.4. The van der Waals surface area contributed by atoms with Gasteiger partial charge in [-0.25, -0.2) is 0 Å². The molecule has 2 aromatic carbocycles. The second-order valence-corrected chi connectivity index (χ2v) is 8.55. The molecule has 0 aliphatic heterocycles. The number of hydrogen-bond acceptors (Lipinski definition) is 3. The quantitative estimate of drug-likeness (QED) is 0.427. The lowest BCUT2D eigenvalue weighted by Gasteiger charge is -2.20. The highest BCUT2D eigenvalue weighted by Gasteiger charge is 2.18. The number of aromatic amines is 1. The van der Waals surface area contributed by atoms with Gasteiger partial charge in [-0.05, 0) is 49.8 Å². The summed E-state index contributed by atoms with van der Waals surface area (Å²) >= 11 is 0. The van der Waals surface area contributed by atoms with Crippen LogP contribution in [0.15, 0.2) is 65.5 Å². The lowest BCUT2D eigenvalue weighted by Crippen LogP contribution is -2.30. The van der Waals surface area contributed by atoms with Crippen molar-refractivity contribution in [2.45, 2.75) is 45.6 Å². The summed E-state index contributed by atoms with van der Waals surface area (Å²) < 4.78 is 1.69. The highest BCUT2D eigenvalue weighted by molar-refractivity contribution is 5.83. The van der Waals surface area contributed by atoms with Crippen LogP contribution in [0.1, 0.15) is 46.8 Å². The monoisotopic (exact) mass is 442 g/mol. The van der Waals surface area contributed by atoms with Crippen molar-refractivity contribution in [1.82, 2.24) is 20.1 Å². The smallest absolute Gasteiger partial charge is 0.253 e. The maximum Gasteiger partial charge on any atom is 0.253 e. The Labute approximate surface area is 193 Å². The molecule has 2 heterocycles. The summed E-state index contributed by atoms with van der Waals surface area (Å²) in [7, 11) is 1.82. The van der Waals surface area contributed by atoms with E-state index in [1.165, 1.54) is 5.56 Å². The number of carbonyl (C=O) groups is 1. The molecular weight excluding hydrogens is 412 g/mol. The van der Waals surface area contributed by atoms with Crippen LogP contribution in [0.4, 0.5) is 0 Å². The molecule has 4 aromatic rings. The van der Waals surface area contributed by atoms with E-state index in [4.69, 9.17) is 0 Å². The number of aryl methyl sites for hydroxylation is 4. The fourth-order valence-corrected chi connectivity index (χ4v) is 4.52. The van der Waals surface area contributed by atoms with E-state index >= 15 is 0 Å². The molecular formula is C27H30N4O2. The van der Waals surface area contributed by atoms with E-state index in [0.717, 1.165) is 35.0 Å². The van der Waals surface area contributed by atoms with Crippen LogP contribution in [0.2, 0.25) is 0 Å². The molecule has 170 valence electrons. The molecule has 1 amide bonds. The summed E-state index contributed by atoms with van der Waals surface area (Å²) in [4.78, 5) is 28.6. The number of aromatic nitrogens is 3. The molecule has 0 aliphatic rings. The molecule has 0 radical (unpaired) electrons. The summed E-state index contributed by atoms with van der Waals surface area (Å²) in [6.45, 7) is 3.87. The van der Waals surface area contributed by atoms with E-state index in [2.05, 4.69) is 27.5 Å². The topological polar surface area (TPSA) is 79.8 Å². The number of pyridine rings is 1. The Bertz CT molecular complexity index is 1310. The number of nitrogens with one attached hydrogen (secondary N) is 2. The zero-order valence-electron chi connectivity index (χ0n) is 19.4.